The molecule has 1 N–H and O–H groups in total. The Morgan fingerprint density at radius 1 is 1.21 bits per heavy atom. The third-order valence-corrected chi connectivity index (χ3v) is 4.00. The summed E-state index contributed by atoms with van der Waals surface area (Å²) in [5.74, 6) is -0.208. The van der Waals surface area contributed by atoms with Gasteiger partial charge >= 0.3 is 6.09 Å². The Balaban J connectivity index is 1.64. The first-order valence-corrected chi connectivity index (χ1v) is 6.45. The highest BCUT2D eigenvalue weighted by molar-refractivity contribution is 5.94. The molecule has 3 rings (SSSR count). The number of imide groups is 1. The quantitative estimate of drug-likeness (QED) is 0.869. The van der Waals surface area contributed by atoms with Crippen LogP contribution >= 0.6 is 0 Å². The minimum Gasteiger partial charge on any atom is -0.465 e. The summed E-state index contributed by atoms with van der Waals surface area (Å²) in [6.07, 6.45) is -1.12. The lowest BCUT2D eigenvalue weighted by atomic mass is 10.0. The van der Waals surface area contributed by atoms with Crippen LogP contribution in [0.5, 0.6) is 0 Å². The minimum atomic E-state index is -1.12. The molecule has 2 fully saturated rings. The molecule has 0 spiro atoms. The van der Waals surface area contributed by atoms with Gasteiger partial charge in [0.1, 0.15) is 0 Å². The van der Waals surface area contributed by atoms with Crippen molar-refractivity contribution in [3.8, 4) is 0 Å². The summed E-state index contributed by atoms with van der Waals surface area (Å²) in [4.78, 5) is 26.1. The number of carbonyl (C=O) groups is 2. The van der Waals surface area contributed by atoms with Gasteiger partial charge in [-0.1, -0.05) is 30.3 Å². The zero-order chi connectivity index (χ0) is 13.4. The van der Waals surface area contributed by atoms with Gasteiger partial charge in [-0.25, -0.2) is 9.69 Å². The van der Waals surface area contributed by atoms with Gasteiger partial charge < -0.3 is 5.11 Å². The van der Waals surface area contributed by atoms with Crippen molar-refractivity contribution in [1.82, 2.24) is 9.80 Å². The Morgan fingerprint density at radius 3 is 2.58 bits per heavy atom. The molecule has 1 aromatic rings. The monoisotopic (exact) mass is 260 g/mol. The van der Waals surface area contributed by atoms with Gasteiger partial charge in [-0.2, -0.15) is 0 Å². The van der Waals surface area contributed by atoms with Crippen LogP contribution in [0.2, 0.25) is 0 Å². The molecular weight excluding hydrogens is 244 g/mol. The zero-order valence-corrected chi connectivity index (χ0v) is 10.5. The molecule has 5 heteroatoms. The van der Waals surface area contributed by atoms with E-state index >= 15 is 0 Å². The average Bonchev–Trinajstić information content (AvgIpc) is 2.90. The number of hydrogen-bond donors (Lipinski definition) is 1. The molecule has 100 valence electrons. The summed E-state index contributed by atoms with van der Waals surface area (Å²) in [7, 11) is 0. The Hall–Kier alpha value is -1.88. The maximum atomic E-state index is 11.9. The van der Waals surface area contributed by atoms with Crippen molar-refractivity contribution in [3.63, 3.8) is 0 Å². The maximum Gasteiger partial charge on any atom is 0.414 e. The minimum absolute atomic E-state index is 0.139. The molecule has 0 aliphatic carbocycles. The highest BCUT2D eigenvalue weighted by Crippen LogP contribution is 2.32. The summed E-state index contributed by atoms with van der Waals surface area (Å²) in [5.41, 5.74) is 1.23. The molecule has 5 nitrogen and oxygen atoms in total. The highest BCUT2D eigenvalue weighted by atomic mass is 16.4. The van der Waals surface area contributed by atoms with E-state index in [4.69, 9.17) is 5.11 Å². The zero-order valence-electron chi connectivity index (χ0n) is 10.5. The van der Waals surface area contributed by atoms with Gasteiger partial charge in [-0.15, -0.1) is 0 Å². The summed E-state index contributed by atoms with van der Waals surface area (Å²) in [6.45, 7) is 2.65. The van der Waals surface area contributed by atoms with Crippen molar-refractivity contribution >= 4 is 12.0 Å². The molecule has 0 aromatic heterocycles. The topological polar surface area (TPSA) is 60.9 Å². The largest absolute Gasteiger partial charge is 0.465 e. The SMILES string of the molecule is O=C(O)N1C[C@@H]2CN(Cc3ccccc3)C[C@@H]2C1=O. The summed E-state index contributed by atoms with van der Waals surface area (Å²) in [6, 6.07) is 10.1. The molecule has 1 aromatic carbocycles. The standard InChI is InChI=1S/C14H16N2O3/c17-13-12-9-15(6-10-4-2-1-3-5-10)7-11(12)8-16(13)14(18)19/h1-5,11-12H,6-9H2,(H,18,19)/t11-,12-/m0/s1. The molecule has 0 unspecified atom stereocenters. The van der Waals surface area contributed by atoms with Gasteiger partial charge in [0.25, 0.3) is 0 Å². The van der Waals surface area contributed by atoms with E-state index in [2.05, 4.69) is 17.0 Å². The molecule has 2 heterocycles. The smallest absolute Gasteiger partial charge is 0.414 e. The van der Waals surface area contributed by atoms with Crippen LogP contribution in [0.25, 0.3) is 0 Å². The van der Waals surface area contributed by atoms with Crippen LogP contribution in [-0.2, 0) is 11.3 Å². The highest BCUT2D eigenvalue weighted by Gasteiger charge is 2.48. The van der Waals surface area contributed by atoms with E-state index in [-0.39, 0.29) is 17.7 Å². The summed E-state index contributed by atoms with van der Waals surface area (Å²) in [5, 5.41) is 8.93. The number of hydrogen-bond acceptors (Lipinski definition) is 3. The second-order valence-corrected chi connectivity index (χ2v) is 5.28. The normalized spacial score (nSPS) is 26.7. The number of fused-ring (bicyclic) bond motifs is 1. The fourth-order valence-corrected chi connectivity index (χ4v) is 3.09. The number of benzene rings is 1. The van der Waals surface area contributed by atoms with E-state index in [9.17, 15) is 9.59 Å². The Morgan fingerprint density at radius 2 is 1.95 bits per heavy atom. The van der Waals surface area contributed by atoms with Crippen molar-refractivity contribution in [1.29, 1.82) is 0 Å². The van der Waals surface area contributed by atoms with E-state index in [1.54, 1.807) is 0 Å². The van der Waals surface area contributed by atoms with Gasteiger partial charge in [0.15, 0.2) is 0 Å². The van der Waals surface area contributed by atoms with E-state index in [0.29, 0.717) is 13.1 Å². The molecule has 2 atom stereocenters. The lowest BCUT2D eigenvalue weighted by Crippen LogP contribution is -2.36. The molecule has 19 heavy (non-hydrogen) atoms. The van der Waals surface area contributed by atoms with Gasteiger partial charge in [-0.3, -0.25) is 9.69 Å². The number of carboxylic acid groups (broad SMARTS) is 1. The van der Waals surface area contributed by atoms with Crippen molar-refractivity contribution in [2.45, 2.75) is 6.54 Å². The predicted molar refractivity (Wildman–Crippen MR) is 68.4 cm³/mol. The number of amides is 2. The molecule has 0 radical (unpaired) electrons. The van der Waals surface area contributed by atoms with Gasteiger partial charge in [-0.05, 0) is 5.56 Å². The first-order valence-electron chi connectivity index (χ1n) is 6.45. The van der Waals surface area contributed by atoms with E-state index < -0.39 is 6.09 Å². The van der Waals surface area contributed by atoms with Crippen LogP contribution < -0.4 is 0 Å². The van der Waals surface area contributed by atoms with E-state index in [0.717, 1.165) is 18.0 Å². The average molecular weight is 260 g/mol. The lowest BCUT2D eigenvalue weighted by Gasteiger charge is -2.18. The Labute approximate surface area is 111 Å². The third kappa shape index (κ3) is 2.21. The van der Waals surface area contributed by atoms with Crippen molar-refractivity contribution in [3.05, 3.63) is 35.9 Å². The Kier molecular flexibility index (Phi) is 2.98. The predicted octanol–water partition coefficient (Wildman–Crippen LogP) is 1.25. The van der Waals surface area contributed by atoms with Gasteiger partial charge in [0.05, 0.1) is 5.92 Å². The first-order chi connectivity index (χ1) is 9.15. The first kappa shape index (κ1) is 12.2. The van der Waals surface area contributed by atoms with Gasteiger partial charge in [0.2, 0.25) is 5.91 Å². The molecular formula is C14H16N2O3. The Bertz CT molecular complexity index is 503. The van der Waals surface area contributed by atoms with Crippen LogP contribution in [0, 0.1) is 11.8 Å². The van der Waals surface area contributed by atoms with Crippen molar-refractivity contribution in [2.75, 3.05) is 19.6 Å². The molecule has 2 aliphatic heterocycles. The summed E-state index contributed by atoms with van der Waals surface area (Å²) < 4.78 is 0. The molecule has 0 bridgehead atoms. The number of likely N-dealkylation sites (tertiary alicyclic amines) is 2. The fraction of sp³-hybridized carbons (Fsp3) is 0.429. The molecule has 2 saturated heterocycles. The second kappa shape index (κ2) is 4.66. The van der Waals surface area contributed by atoms with Crippen LogP contribution in [0.1, 0.15) is 5.56 Å². The van der Waals surface area contributed by atoms with Crippen LogP contribution in [0.4, 0.5) is 4.79 Å². The molecule has 2 amide bonds. The van der Waals surface area contributed by atoms with Crippen LogP contribution in [-0.4, -0.2) is 46.5 Å². The fourth-order valence-electron chi connectivity index (χ4n) is 3.09. The number of carbonyl (C=O) groups excluding carboxylic acids is 1. The maximum absolute atomic E-state index is 11.9. The molecule has 0 saturated carbocycles. The third-order valence-electron chi connectivity index (χ3n) is 4.00. The lowest BCUT2D eigenvalue weighted by molar-refractivity contribution is -0.129. The molecule has 2 aliphatic rings. The van der Waals surface area contributed by atoms with E-state index in [1.807, 2.05) is 18.2 Å². The van der Waals surface area contributed by atoms with Crippen LogP contribution in [0.15, 0.2) is 30.3 Å². The second-order valence-electron chi connectivity index (χ2n) is 5.28. The number of rotatable bonds is 2. The van der Waals surface area contributed by atoms with Crippen molar-refractivity contribution < 1.29 is 14.7 Å². The van der Waals surface area contributed by atoms with Crippen LogP contribution in [0.3, 0.4) is 0 Å². The summed E-state index contributed by atoms with van der Waals surface area (Å²) >= 11 is 0. The number of nitrogens with zero attached hydrogens (tertiary/aromatic N) is 2. The van der Waals surface area contributed by atoms with Crippen molar-refractivity contribution in [2.24, 2.45) is 11.8 Å². The van der Waals surface area contributed by atoms with Gasteiger partial charge in [0, 0.05) is 32.1 Å². The van der Waals surface area contributed by atoms with E-state index in [1.165, 1.54) is 5.56 Å².